The summed E-state index contributed by atoms with van der Waals surface area (Å²) < 4.78 is 6.48. The molecule has 2 aromatic carbocycles. The third-order valence-electron chi connectivity index (χ3n) is 6.77. The van der Waals surface area contributed by atoms with Crippen LogP contribution in [-0.4, -0.2) is 29.6 Å². The van der Waals surface area contributed by atoms with E-state index in [0.29, 0.717) is 5.56 Å². The van der Waals surface area contributed by atoms with Gasteiger partial charge in [0.05, 0.1) is 11.6 Å². The van der Waals surface area contributed by atoms with Crippen LogP contribution in [0.1, 0.15) is 48.8 Å². The Hall–Kier alpha value is -2.51. The van der Waals surface area contributed by atoms with Gasteiger partial charge in [0.25, 0.3) is 0 Å². The minimum Gasteiger partial charge on any atom is -0.487 e. The Kier molecular flexibility index (Phi) is 4.49. The second-order valence-corrected chi connectivity index (χ2v) is 8.57. The number of anilines is 1. The molecule has 1 saturated heterocycles. The summed E-state index contributed by atoms with van der Waals surface area (Å²) in [7, 11) is 0. The van der Waals surface area contributed by atoms with E-state index in [9.17, 15) is 0 Å². The van der Waals surface area contributed by atoms with Crippen molar-refractivity contribution in [2.45, 2.75) is 56.7 Å². The minimum absolute atomic E-state index is 0.0295. The highest BCUT2D eigenvalue weighted by Crippen LogP contribution is 2.42. The number of likely N-dealkylation sites (tertiary alicyclic amines) is 1. The van der Waals surface area contributed by atoms with Crippen LogP contribution >= 0.6 is 0 Å². The highest BCUT2D eigenvalue weighted by molar-refractivity contribution is 5.48. The van der Waals surface area contributed by atoms with E-state index < -0.39 is 0 Å². The molecule has 0 atom stereocenters. The molecule has 1 aliphatic carbocycles. The van der Waals surface area contributed by atoms with Gasteiger partial charge in [0.2, 0.25) is 0 Å². The average molecular weight is 374 g/mol. The predicted octanol–water partition coefficient (Wildman–Crippen LogP) is 4.49. The second kappa shape index (κ2) is 7.14. The Balaban J connectivity index is 1.20. The number of benzene rings is 2. The Bertz CT molecular complexity index is 887. The fraction of sp³-hybridized carbons (Fsp3) is 0.458. The number of ether oxygens (including phenoxy) is 1. The average Bonchev–Trinajstić information content (AvgIpc) is 3.04. The molecule has 0 aromatic heterocycles. The lowest BCUT2D eigenvalue weighted by molar-refractivity contribution is -0.00746. The van der Waals surface area contributed by atoms with Crippen LogP contribution in [-0.2, 0) is 13.0 Å². The molecule has 144 valence electrons. The van der Waals surface area contributed by atoms with Crippen molar-refractivity contribution in [1.29, 1.82) is 5.26 Å². The molecule has 0 amide bonds. The highest BCUT2D eigenvalue weighted by atomic mass is 16.5. The van der Waals surface area contributed by atoms with Crippen molar-refractivity contribution in [3.63, 3.8) is 0 Å². The van der Waals surface area contributed by atoms with Gasteiger partial charge in [0.1, 0.15) is 11.4 Å². The fourth-order valence-corrected chi connectivity index (χ4v) is 4.79. The lowest BCUT2D eigenvalue weighted by Crippen LogP contribution is -2.52. The Labute approximate surface area is 167 Å². The van der Waals surface area contributed by atoms with Gasteiger partial charge < -0.3 is 15.0 Å². The topological polar surface area (TPSA) is 48.3 Å². The quantitative estimate of drug-likeness (QED) is 0.858. The summed E-state index contributed by atoms with van der Waals surface area (Å²) in [5.74, 6) is 1.08. The molecule has 4 nitrogen and oxygen atoms in total. The molecule has 2 aromatic rings. The van der Waals surface area contributed by atoms with Crippen molar-refractivity contribution >= 4 is 5.69 Å². The van der Waals surface area contributed by atoms with E-state index in [1.165, 1.54) is 43.5 Å². The van der Waals surface area contributed by atoms with Crippen LogP contribution < -0.4 is 10.1 Å². The van der Waals surface area contributed by atoms with E-state index in [1.54, 1.807) is 0 Å². The summed E-state index contributed by atoms with van der Waals surface area (Å²) in [5.41, 5.74) is 4.39. The van der Waals surface area contributed by atoms with Crippen LogP contribution in [0.3, 0.4) is 0 Å². The normalized spacial score (nSPS) is 20.8. The lowest BCUT2D eigenvalue weighted by Gasteiger charge is -2.45. The van der Waals surface area contributed by atoms with Gasteiger partial charge in [-0.2, -0.15) is 5.26 Å². The van der Waals surface area contributed by atoms with E-state index in [-0.39, 0.29) is 5.60 Å². The van der Waals surface area contributed by atoms with Gasteiger partial charge in [-0.15, -0.1) is 0 Å². The maximum Gasteiger partial charge on any atom is 0.123 e. The summed E-state index contributed by atoms with van der Waals surface area (Å²) in [4.78, 5) is 2.69. The number of hydrogen-bond acceptors (Lipinski definition) is 4. The molecule has 3 aliphatic rings. The molecule has 1 spiro atoms. The third kappa shape index (κ3) is 3.36. The van der Waals surface area contributed by atoms with Crippen LogP contribution in [0.15, 0.2) is 42.5 Å². The van der Waals surface area contributed by atoms with E-state index in [0.717, 1.165) is 43.3 Å². The molecule has 2 heterocycles. The molecule has 0 radical (unpaired) electrons. The number of hydrogen-bond donors (Lipinski definition) is 1. The van der Waals surface area contributed by atoms with Crippen LogP contribution in [0.2, 0.25) is 0 Å². The predicted molar refractivity (Wildman–Crippen MR) is 110 cm³/mol. The number of piperidine rings is 1. The number of nitriles is 1. The van der Waals surface area contributed by atoms with Crippen LogP contribution in [0.25, 0.3) is 0 Å². The van der Waals surface area contributed by atoms with Crippen LogP contribution in [0.5, 0.6) is 5.75 Å². The van der Waals surface area contributed by atoms with Gasteiger partial charge in [-0.1, -0.05) is 18.6 Å². The van der Waals surface area contributed by atoms with Gasteiger partial charge in [0, 0.05) is 50.6 Å². The maximum atomic E-state index is 8.90. The molecule has 28 heavy (non-hydrogen) atoms. The fourth-order valence-electron chi connectivity index (χ4n) is 4.79. The zero-order valence-corrected chi connectivity index (χ0v) is 16.3. The first-order valence-corrected chi connectivity index (χ1v) is 10.5. The van der Waals surface area contributed by atoms with Crippen molar-refractivity contribution < 1.29 is 4.74 Å². The lowest BCUT2D eigenvalue weighted by atomic mass is 9.83. The van der Waals surface area contributed by atoms with Crippen molar-refractivity contribution in [3.05, 3.63) is 59.2 Å². The van der Waals surface area contributed by atoms with Crippen molar-refractivity contribution in [1.82, 2.24) is 4.90 Å². The number of fused-ring (bicyclic) bond motifs is 1. The molecule has 2 aliphatic heterocycles. The highest BCUT2D eigenvalue weighted by Gasteiger charge is 2.43. The van der Waals surface area contributed by atoms with E-state index in [1.807, 2.05) is 24.3 Å². The van der Waals surface area contributed by atoms with Crippen molar-refractivity contribution in [3.8, 4) is 11.8 Å². The van der Waals surface area contributed by atoms with Gasteiger partial charge in [-0.3, -0.25) is 0 Å². The van der Waals surface area contributed by atoms with Gasteiger partial charge in [0.15, 0.2) is 0 Å². The van der Waals surface area contributed by atoms with E-state index in [4.69, 9.17) is 10.00 Å². The van der Waals surface area contributed by atoms with E-state index >= 15 is 0 Å². The Morgan fingerprint density at radius 3 is 2.57 bits per heavy atom. The Morgan fingerprint density at radius 2 is 1.89 bits per heavy atom. The largest absolute Gasteiger partial charge is 0.487 e. The molecule has 4 heteroatoms. The summed E-state index contributed by atoms with van der Waals surface area (Å²) in [6, 6.07) is 17.2. The zero-order valence-electron chi connectivity index (χ0n) is 16.3. The molecule has 1 N–H and O–H groups in total. The first kappa shape index (κ1) is 17.6. The summed E-state index contributed by atoms with van der Waals surface area (Å²) in [6.07, 6.45) is 7.54. The summed E-state index contributed by atoms with van der Waals surface area (Å²) in [5, 5.41) is 12.4. The molecule has 2 fully saturated rings. The molecular formula is C24H27N3O. The van der Waals surface area contributed by atoms with Crippen molar-refractivity contribution in [2.75, 3.05) is 18.4 Å². The number of rotatable bonds is 4. The van der Waals surface area contributed by atoms with Gasteiger partial charge >= 0.3 is 0 Å². The van der Waals surface area contributed by atoms with Gasteiger partial charge in [-0.25, -0.2) is 0 Å². The second-order valence-electron chi connectivity index (χ2n) is 8.57. The summed E-state index contributed by atoms with van der Waals surface area (Å²) in [6.45, 7) is 3.15. The molecule has 0 unspecified atom stereocenters. The van der Waals surface area contributed by atoms with Crippen LogP contribution in [0, 0.1) is 11.3 Å². The monoisotopic (exact) mass is 373 g/mol. The standard InChI is InChI=1S/C24H27N3O/c25-16-18-4-7-21(8-5-18)26-17-19-6-9-23-20(14-19)15-24(28-23)10-12-27(13-11-24)22-2-1-3-22/h4-9,14,22,26H,1-3,10-13,15,17H2. The van der Waals surface area contributed by atoms with Gasteiger partial charge in [-0.05, 0) is 54.3 Å². The first-order chi connectivity index (χ1) is 13.7. The number of nitrogens with one attached hydrogen (secondary N) is 1. The number of nitrogens with zero attached hydrogens (tertiary/aromatic N) is 2. The zero-order chi connectivity index (χ0) is 19.0. The molecule has 1 saturated carbocycles. The summed E-state index contributed by atoms with van der Waals surface area (Å²) >= 11 is 0. The van der Waals surface area contributed by atoms with E-state index in [2.05, 4.69) is 34.5 Å². The molecule has 0 bridgehead atoms. The molecular weight excluding hydrogens is 346 g/mol. The van der Waals surface area contributed by atoms with Crippen LogP contribution in [0.4, 0.5) is 5.69 Å². The maximum absolute atomic E-state index is 8.90. The molecule has 5 rings (SSSR count). The third-order valence-corrected chi connectivity index (χ3v) is 6.77. The Morgan fingerprint density at radius 1 is 1.11 bits per heavy atom. The smallest absolute Gasteiger partial charge is 0.123 e. The van der Waals surface area contributed by atoms with Crippen molar-refractivity contribution in [2.24, 2.45) is 0 Å². The SMILES string of the molecule is N#Cc1ccc(NCc2ccc3c(c2)CC2(CCN(C4CCC4)CC2)O3)cc1. The first-order valence-electron chi connectivity index (χ1n) is 10.5. The minimum atomic E-state index is 0.0295.